The number of H-pyrrole nitrogens is 1. The Balaban J connectivity index is 2.89. The van der Waals surface area contributed by atoms with Gasteiger partial charge in [0, 0.05) is 6.20 Å². The van der Waals surface area contributed by atoms with Crippen LogP contribution in [0.1, 0.15) is 31.7 Å². The van der Waals surface area contributed by atoms with Crippen molar-refractivity contribution in [1.29, 1.82) is 0 Å². The molecule has 1 N–H and O–H groups in total. The molecule has 11 heavy (non-hydrogen) atoms. The molecule has 0 amide bonds. The van der Waals surface area contributed by atoms with E-state index in [0.717, 1.165) is 4.64 Å². The van der Waals surface area contributed by atoms with Crippen LogP contribution in [0.2, 0.25) is 0 Å². The molecule has 0 aromatic carbocycles. The third kappa shape index (κ3) is 2.15. The van der Waals surface area contributed by atoms with Gasteiger partial charge >= 0.3 is 0 Å². The van der Waals surface area contributed by atoms with Gasteiger partial charge in [-0.2, -0.15) is 0 Å². The fraction of sp³-hybridized carbons (Fsp3) is 0.444. The van der Waals surface area contributed by atoms with Crippen LogP contribution < -0.4 is 0 Å². The van der Waals surface area contributed by atoms with Crippen molar-refractivity contribution in [3.63, 3.8) is 0 Å². The normalized spacial score (nSPS) is 12.9. The van der Waals surface area contributed by atoms with Crippen molar-refractivity contribution in [2.45, 2.75) is 26.2 Å². The summed E-state index contributed by atoms with van der Waals surface area (Å²) >= 11 is 4.94. The molecule has 1 unspecified atom stereocenters. The highest BCUT2D eigenvalue weighted by molar-refractivity contribution is 7.71. The Morgan fingerprint density at radius 2 is 2.27 bits per heavy atom. The fourth-order valence-electron chi connectivity index (χ4n) is 0.965. The summed E-state index contributed by atoms with van der Waals surface area (Å²) in [7, 11) is 0. The molecule has 0 aliphatic carbocycles. The molecule has 60 valence electrons. The number of rotatable bonds is 2. The SMILES string of the molecule is CCC(C)c1ccc(=S)[nH]c1. The Kier molecular flexibility index (Phi) is 2.83. The number of nitrogens with one attached hydrogen (secondary N) is 1. The van der Waals surface area contributed by atoms with E-state index in [1.54, 1.807) is 0 Å². The molecule has 2 heteroatoms. The minimum atomic E-state index is 0.627. The van der Waals surface area contributed by atoms with Gasteiger partial charge in [-0.05, 0) is 24.0 Å². The molecule has 1 heterocycles. The molecule has 0 aliphatic rings. The van der Waals surface area contributed by atoms with Crippen molar-refractivity contribution in [3.05, 3.63) is 28.5 Å². The van der Waals surface area contributed by atoms with Crippen LogP contribution in [0.25, 0.3) is 0 Å². The Morgan fingerprint density at radius 1 is 1.55 bits per heavy atom. The lowest BCUT2D eigenvalue weighted by molar-refractivity contribution is 0.729. The van der Waals surface area contributed by atoms with Crippen LogP contribution in [0.3, 0.4) is 0 Å². The number of aromatic amines is 1. The largest absolute Gasteiger partial charge is 0.353 e. The number of hydrogen-bond acceptors (Lipinski definition) is 1. The van der Waals surface area contributed by atoms with Gasteiger partial charge in [0.25, 0.3) is 0 Å². The summed E-state index contributed by atoms with van der Waals surface area (Å²) in [6.07, 6.45) is 3.17. The molecule has 0 spiro atoms. The molecule has 0 saturated carbocycles. The summed E-state index contributed by atoms with van der Waals surface area (Å²) in [5.74, 6) is 0.627. The molecule has 0 bridgehead atoms. The first-order valence-electron chi connectivity index (χ1n) is 3.92. The first-order chi connectivity index (χ1) is 5.24. The Hall–Kier alpha value is -0.630. The van der Waals surface area contributed by atoms with E-state index in [4.69, 9.17) is 12.2 Å². The molecular formula is C9H13NS. The highest BCUT2D eigenvalue weighted by atomic mass is 32.1. The third-order valence-electron chi connectivity index (χ3n) is 1.99. The van der Waals surface area contributed by atoms with Gasteiger partial charge in [-0.25, -0.2) is 0 Å². The lowest BCUT2D eigenvalue weighted by atomic mass is 10.0. The molecule has 1 nitrogen and oxygen atoms in total. The molecule has 1 aromatic rings. The van der Waals surface area contributed by atoms with Crippen molar-refractivity contribution in [3.8, 4) is 0 Å². The van der Waals surface area contributed by atoms with Crippen LogP contribution in [0.15, 0.2) is 18.3 Å². The van der Waals surface area contributed by atoms with Gasteiger partial charge in [0.1, 0.15) is 4.64 Å². The van der Waals surface area contributed by atoms with Crippen LogP contribution >= 0.6 is 12.2 Å². The van der Waals surface area contributed by atoms with E-state index >= 15 is 0 Å². The fourth-order valence-corrected chi connectivity index (χ4v) is 1.09. The highest BCUT2D eigenvalue weighted by Crippen LogP contribution is 2.16. The zero-order chi connectivity index (χ0) is 8.27. The summed E-state index contributed by atoms with van der Waals surface area (Å²) in [6, 6.07) is 4.03. The molecule has 0 fully saturated rings. The Bertz CT molecular complexity index is 257. The zero-order valence-corrected chi connectivity index (χ0v) is 7.74. The van der Waals surface area contributed by atoms with E-state index in [1.165, 1.54) is 12.0 Å². The van der Waals surface area contributed by atoms with E-state index < -0.39 is 0 Å². The van der Waals surface area contributed by atoms with Crippen LogP contribution in [0.4, 0.5) is 0 Å². The minimum Gasteiger partial charge on any atom is -0.353 e. The van der Waals surface area contributed by atoms with Gasteiger partial charge in [0.15, 0.2) is 0 Å². The van der Waals surface area contributed by atoms with E-state index in [1.807, 2.05) is 12.3 Å². The number of hydrogen-bond donors (Lipinski definition) is 1. The van der Waals surface area contributed by atoms with E-state index in [-0.39, 0.29) is 0 Å². The predicted octanol–water partition coefficient (Wildman–Crippen LogP) is 3.26. The van der Waals surface area contributed by atoms with E-state index in [9.17, 15) is 0 Å². The van der Waals surface area contributed by atoms with E-state index in [2.05, 4.69) is 24.9 Å². The van der Waals surface area contributed by atoms with Gasteiger partial charge in [-0.3, -0.25) is 0 Å². The topological polar surface area (TPSA) is 15.8 Å². The predicted molar refractivity (Wildman–Crippen MR) is 50.3 cm³/mol. The van der Waals surface area contributed by atoms with Gasteiger partial charge < -0.3 is 4.98 Å². The van der Waals surface area contributed by atoms with Crippen molar-refractivity contribution in [1.82, 2.24) is 4.98 Å². The number of aromatic nitrogens is 1. The quantitative estimate of drug-likeness (QED) is 0.668. The monoisotopic (exact) mass is 167 g/mol. The second-order valence-corrected chi connectivity index (χ2v) is 3.24. The van der Waals surface area contributed by atoms with Gasteiger partial charge in [0.05, 0.1) is 0 Å². The first-order valence-corrected chi connectivity index (χ1v) is 4.33. The lowest BCUT2D eigenvalue weighted by Gasteiger charge is -2.06. The van der Waals surface area contributed by atoms with Crippen LogP contribution in [-0.2, 0) is 0 Å². The molecule has 1 aromatic heterocycles. The average Bonchev–Trinajstić information content (AvgIpc) is 2.05. The second kappa shape index (κ2) is 3.67. The van der Waals surface area contributed by atoms with Crippen LogP contribution in [0, 0.1) is 4.64 Å². The summed E-state index contributed by atoms with van der Waals surface area (Å²) in [5.41, 5.74) is 1.33. The van der Waals surface area contributed by atoms with Crippen LogP contribution in [0.5, 0.6) is 0 Å². The molecule has 0 radical (unpaired) electrons. The van der Waals surface area contributed by atoms with E-state index in [0.29, 0.717) is 5.92 Å². The first kappa shape index (κ1) is 8.47. The standard InChI is InChI=1S/C9H13NS/c1-3-7(2)8-4-5-9(11)10-6-8/h4-7H,3H2,1-2H3,(H,10,11). The maximum absolute atomic E-state index is 4.94. The average molecular weight is 167 g/mol. The second-order valence-electron chi connectivity index (χ2n) is 2.80. The van der Waals surface area contributed by atoms with Gasteiger partial charge in [0.2, 0.25) is 0 Å². The van der Waals surface area contributed by atoms with Crippen molar-refractivity contribution >= 4 is 12.2 Å². The van der Waals surface area contributed by atoms with Gasteiger partial charge in [-0.1, -0.05) is 32.1 Å². The number of pyridine rings is 1. The summed E-state index contributed by atoms with van der Waals surface area (Å²) in [5, 5.41) is 0. The van der Waals surface area contributed by atoms with Crippen LogP contribution in [-0.4, -0.2) is 4.98 Å². The summed E-state index contributed by atoms with van der Waals surface area (Å²) in [6.45, 7) is 4.40. The third-order valence-corrected chi connectivity index (χ3v) is 2.24. The Morgan fingerprint density at radius 3 is 2.73 bits per heavy atom. The molecule has 1 atom stereocenters. The highest BCUT2D eigenvalue weighted by Gasteiger charge is 1.99. The van der Waals surface area contributed by atoms with Crippen molar-refractivity contribution in [2.24, 2.45) is 0 Å². The zero-order valence-electron chi connectivity index (χ0n) is 6.92. The van der Waals surface area contributed by atoms with Crippen molar-refractivity contribution < 1.29 is 0 Å². The summed E-state index contributed by atoms with van der Waals surface area (Å²) < 4.78 is 0.803. The molecule has 0 aliphatic heterocycles. The van der Waals surface area contributed by atoms with Crippen molar-refractivity contribution in [2.75, 3.05) is 0 Å². The lowest BCUT2D eigenvalue weighted by Crippen LogP contribution is -1.91. The molecule has 0 saturated heterocycles. The molecule has 1 rings (SSSR count). The smallest absolute Gasteiger partial charge is 0.103 e. The maximum atomic E-state index is 4.94. The van der Waals surface area contributed by atoms with Gasteiger partial charge in [-0.15, -0.1) is 0 Å². The maximum Gasteiger partial charge on any atom is 0.103 e. The minimum absolute atomic E-state index is 0.627. The summed E-state index contributed by atoms with van der Waals surface area (Å²) in [4.78, 5) is 3.03. The molecular weight excluding hydrogens is 154 g/mol. The Labute approximate surface area is 72.5 Å².